The third kappa shape index (κ3) is 5.48. The molecule has 0 aliphatic carbocycles. The van der Waals surface area contributed by atoms with E-state index in [2.05, 4.69) is 0 Å². The molecule has 0 fully saturated rings. The highest BCUT2D eigenvalue weighted by molar-refractivity contribution is 8.13. The van der Waals surface area contributed by atoms with E-state index in [1.807, 2.05) is 0 Å². The molecule has 0 aliphatic heterocycles. The van der Waals surface area contributed by atoms with Crippen LogP contribution in [0.25, 0.3) is 0 Å². The van der Waals surface area contributed by atoms with Gasteiger partial charge in [0.1, 0.15) is 17.3 Å². The molecule has 8 heteroatoms. The number of hydrogen-bond donors (Lipinski definition) is 0. The summed E-state index contributed by atoms with van der Waals surface area (Å²) in [7, 11) is -1.74. The summed E-state index contributed by atoms with van der Waals surface area (Å²) in [6.45, 7) is 5.11. The van der Waals surface area contributed by atoms with Gasteiger partial charge in [-0.2, -0.15) is 0 Å². The molecule has 0 amide bonds. The summed E-state index contributed by atoms with van der Waals surface area (Å²) in [5.74, 6) is 0.0436. The average molecular weight is 355 g/mol. The van der Waals surface area contributed by atoms with Gasteiger partial charge < -0.3 is 4.74 Å². The predicted molar refractivity (Wildman–Crippen MR) is 83.4 cm³/mol. The van der Waals surface area contributed by atoms with Crippen molar-refractivity contribution in [2.24, 2.45) is 0 Å². The van der Waals surface area contributed by atoms with Gasteiger partial charge in [0.15, 0.2) is 9.84 Å². The monoisotopic (exact) mass is 354 g/mol. The number of hydrogen-bond acceptors (Lipinski definition) is 5. The summed E-state index contributed by atoms with van der Waals surface area (Å²) in [5.41, 5.74) is 1.33. The largest absolute Gasteiger partial charge is 0.491 e. The molecule has 0 unspecified atom stereocenters. The maximum atomic E-state index is 11.6. The van der Waals surface area contributed by atoms with Crippen LogP contribution in [0.1, 0.15) is 24.5 Å². The summed E-state index contributed by atoms with van der Waals surface area (Å²) in [4.78, 5) is -0.130. The van der Waals surface area contributed by atoms with E-state index in [-0.39, 0.29) is 28.8 Å². The molecule has 1 aromatic carbocycles. The van der Waals surface area contributed by atoms with Gasteiger partial charge in [-0.25, -0.2) is 16.8 Å². The molecular formula is C13H19ClO5S2. The molecule has 0 N–H and O–H groups in total. The van der Waals surface area contributed by atoms with Gasteiger partial charge in [-0.15, -0.1) is 0 Å². The fourth-order valence-corrected chi connectivity index (χ4v) is 4.24. The number of aryl methyl sites for hydroxylation is 2. The lowest BCUT2D eigenvalue weighted by molar-refractivity contribution is 0.329. The second-order valence-electron chi connectivity index (χ2n) is 4.85. The van der Waals surface area contributed by atoms with Gasteiger partial charge in [0, 0.05) is 10.7 Å². The lowest BCUT2D eigenvalue weighted by atomic mass is 10.1. The van der Waals surface area contributed by atoms with Gasteiger partial charge in [-0.3, -0.25) is 0 Å². The van der Waals surface area contributed by atoms with Crippen LogP contribution < -0.4 is 4.74 Å². The van der Waals surface area contributed by atoms with Crippen LogP contribution >= 0.6 is 10.7 Å². The van der Waals surface area contributed by atoms with Crippen LogP contribution in [-0.2, 0) is 18.9 Å². The number of rotatable bonds is 7. The molecule has 1 rings (SSSR count). The molecule has 0 bridgehead atoms. The van der Waals surface area contributed by atoms with E-state index in [0.29, 0.717) is 12.0 Å². The Morgan fingerprint density at radius 3 is 2.24 bits per heavy atom. The number of benzene rings is 1. The van der Waals surface area contributed by atoms with Crippen molar-refractivity contribution < 1.29 is 21.6 Å². The maximum absolute atomic E-state index is 11.6. The molecule has 0 aliphatic rings. The summed E-state index contributed by atoms with van der Waals surface area (Å²) >= 11 is 0. The van der Waals surface area contributed by atoms with Gasteiger partial charge in [0.05, 0.1) is 11.5 Å². The predicted octanol–water partition coefficient (Wildman–Crippen LogP) is 2.43. The van der Waals surface area contributed by atoms with Crippen LogP contribution in [0.5, 0.6) is 5.75 Å². The molecule has 0 saturated carbocycles. The Hall–Kier alpha value is -0.790. The minimum Gasteiger partial charge on any atom is -0.491 e. The van der Waals surface area contributed by atoms with Crippen LogP contribution in [0.2, 0.25) is 0 Å². The Morgan fingerprint density at radius 2 is 1.71 bits per heavy atom. The highest BCUT2D eigenvalue weighted by Gasteiger charge is 2.20. The highest BCUT2D eigenvalue weighted by atomic mass is 35.7. The van der Waals surface area contributed by atoms with E-state index < -0.39 is 18.9 Å². The van der Waals surface area contributed by atoms with Crippen LogP contribution in [0.3, 0.4) is 0 Å². The first-order chi connectivity index (χ1) is 9.57. The molecule has 0 saturated heterocycles. The normalized spacial score (nSPS) is 12.4. The van der Waals surface area contributed by atoms with Crippen molar-refractivity contribution in [3.05, 3.63) is 23.3 Å². The van der Waals surface area contributed by atoms with Crippen molar-refractivity contribution in [1.29, 1.82) is 0 Å². The third-order valence-electron chi connectivity index (χ3n) is 2.80. The molecule has 1 aromatic rings. The molecule has 0 aromatic heterocycles. The van der Waals surface area contributed by atoms with E-state index in [1.165, 1.54) is 6.07 Å². The topological polar surface area (TPSA) is 77.5 Å². The average Bonchev–Trinajstić information content (AvgIpc) is 2.29. The molecular weight excluding hydrogens is 336 g/mol. The van der Waals surface area contributed by atoms with Crippen molar-refractivity contribution >= 4 is 29.6 Å². The lowest BCUT2D eigenvalue weighted by Crippen LogP contribution is -2.17. The zero-order chi connectivity index (χ0) is 16.3. The van der Waals surface area contributed by atoms with Crippen molar-refractivity contribution in [1.82, 2.24) is 0 Å². The smallest absolute Gasteiger partial charge is 0.265 e. The van der Waals surface area contributed by atoms with Gasteiger partial charge >= 0.3 is 0 Å². The number of ether oxygens (including phenoxy) is 1. The zero-order valence-corrected chi connectivity index (χ0v) is 14.6. The molecule has 0 radical (unpaired) electrons. The Morgan fingerprint density at radius 1 is 1.10 bits per heavy atom. The SMILES string of the molecule is CCCS(=O)(=O)CCOc1c(C)cc(C)cc1S(=O)(=O)Cl. The van der Waals surface area contributed by atoms with Crippen molar-refractivity contribution in [2.45, 2.75) is 32.1 Å². The molecule has 21 heavy (non-hydrogen) atoms. The zero-order valence-electron chi connectivity index (χ0n) is 12.2. The Labute approximate surface area is 130 Å². The standard InChI is InChI=1S/C13H19ClO5S2/c1-4-6-20(15,16)7-5-19-13-11(3)8-10(2)9-12(13)21(14,17)18/h8-9H,4-7H2,1-3H3. The van der Waals surface area contributed by atoms with E-state index in [0.717, 1.165) is 5.56 Å². The first kappa shape index (κ1) is 18.3. The summed E-state index contributed by atoms with van der Waals surface area (Å²) in [6.07, 6.45) is 0.535. The second kappa shape index (κ2) is 6.98. The highest BCUT2D eigenvalue weighted by Crippen LogP contribution is 2.31. The van der Waals surface area contributed by atoms with E-state index in [9.17, 15) is 16.8 Å². The lowest BCUT2D eigenvalue weighted by Gasteiger charge is -2.13. The minimum atomic E-state index is -3.96. The second-order valence-corrected chi connectivity index (χ2v) is 9.69. The van der Waals surface area contributed by atoms with Crippen molar-refractivity contribution in [2.75, 3.05) is 18.1 Å². The maximum Gasteiger partial charge on any atom is 0.265 e. The Kier molecular flexibility index (Phi) is 6.07. The van der Waals surface area contributed by atoms with Crippen molar-refractivity contribution in [3.63, 3.8) is 0 Å². The fraction of sp³-hybridized carbons (Fsp3) is 0.538. The van der Waals surface area contributed by atoms with E-state index in [4.69, 9.17) is 15.4 Å². The molecule has 0 heterocycles. The van der Waals surface area contributed by atoms with Crippen molar-refractivity contribution in [3.8, 4) is 5.75 Å². The van der Waals surface area contributed by atoms with Gasteiger partial charge in [0.2, 0.25) is 0 Å². The summed E-state index contributed by atoms with van der Waals surface area (Å²) < 4.78 is 51.8. The van der Waals surface area contributed by atoms with Crippen LogP contribution in [0.15, 0.2) is 17.0 Å². The van der Waals surface area contributed by atoms with Crippen LogP contribution in [0.4, 0.5) is 0 Å². The van der Waals surface area contributed by atoms with Crippen LogP contribution in [0, 0.1) is 13.8 Å². The third-order valence-corrected chi connectivity index (χ3v) is 5.95. The quantitative estimate of drug-likeness (QED) is 0.703. The summed E-state index contributed by atoms with van der Waals surface area (Å²) in [5, 5.41) is 0. The van der Waals surface area contributed by atoms with E-state index in [1.54, 1.807) is 26.8 Å². The Balaban J connectivity index is 2.99. The van der Waals surface area contributed by atoms with Gasteiger partial charge in [0.25, 0.3) is 9.05 Å². The minimum absolute atomic E-state index is 0.0872. The fourth-order valence-electron chi connectivity index (χ4n) is 1.97. The molecule has 120 valence electrons. The molecule has 5 nitrogen and oxygen atoms in total. The first-order valence-corrected chi connectivity index (χ1v) is 10.6. The molecule has 0 spiro atoms. The van der Waals surface area contributed by atoms with Gasteiger partial charge in [-0.1, -0.05) is 13.0 Å². The number of halogens is 1. The summed E-state index contributed by atoms with van der Waals surface area (Å²) in [6, 6.07) is 3.16. The van der Waals surface area contributed by atoms with Gasteiger partial charge in [-0.05, 0) is 37.5 Å². The van der Waals surface area contributed by atoms with E-state index >= 15 is 0 Å². The number of sulfone groups is 1. The molecule has 0 atom stereocenters. The first-order valence-electron chi connectivity index (χ1n) is 6.46. The Bertz CT molecular complexity index is 708. The van der Waals surface area contributed by atoms with Crippen LogP contribution in [-0.4, -0.2) is 34.9 Å².